The number of hydrogen-bond donors (Lipinski definition) is 3. The molecule has 80 valence electrons. The van der Waals surface area contributed by atoms with E-state index in [-0.39, 0.29) is 6.61 Å². The molecule has 1 aromatic rings. The molecule has 0 aromatic carbocycles. The van der Waals surface area contributed by atoms with Crippen LogP contribution in [0, 0.1) is 0 Å². The molecule has 0 aliphatic rings. The molecule has 1 atom stereocenters. The predicted octanol–water partition coefficient (Wildman–Crippen LogP) is 0.753. The summed E-state index contributed by atoms with van der Waals surface area (Å²) in [5, 5.41) is 20.8. The molecule has 4 heteroatoms. The lowest BCUT2D eigenvalue weighted by Gasteiger charge is -2.07. The molecule has 0 unspecified atom stereocenters. The maximum Gasteiger partial charge on any atom is 0.0895 e. The molecule has 0 fully saturated rings. The van der Waals surface area contributed by atoms with Crippen molar-refractivity contribution in [2.45, 2.75) is 26.0 Å². The van der Waals surface area contributed by atoms with E-state index in [4.69, 9.17) is 10.2 Å². The second-order valence-corrected chi connectivity index (χ2v) is 4.44. The third-order valence-corrected chi connectivity index (χ3v) is 3.19. The van der Waals surface area contributed by atoms with Crippen LogP contribution >= 0.6 is 11.3 Å². The molecule has 0 saturated heterocycles. The van der Waals surface area contributed by atoms with Crippen molar-refractivity contribution >= 4 is 11.3 Å². The van der Waals surface area contributed by atoms with Gasteiger partial charge in [0.25, 0.3) is 0 Å². The van der Waals surface area contributed by atoms with Gasteiger partial charge < -0.3 is 15.5 Å². The van der Waals surface area contributed by atoms with E-state index >= 15 is 0 Å². The van der Waals surface area contributed by atoms with Gasteiger partial charge in [-0.2, -0.15) is 0 Å². The van der Waals surface area contributed by atoms with Crippen LogP contribution in [0.5, 0.6) is 0 Å². The minimum atomic E-state index is -0.652. The fraction of sp³-hybridized carbons (Fsp3) is 0.600. The van der Waals surface area contributed by atoms with E-state index in [0.717, 1.165) is 13.0 Å². The van der Waals surface area contributed by atoms with Crippen LogP contribution in [0.25, 0.3) is 0 Å². The highest BCUT2D eigenvalue weighted by Crippen LogP contribution is 2.16. The second kappa shape index (κ2) is 6.14. The van der Waals surface area contributed by atoms with Crippen molar-refractivity contribution in [2.75, 3.05) is 13.2 Å². The number of hydrogen-bond acceptors (Lipinski definition) is 4. The molecule has 0 saturated carbocycles. The Bertz CT molecular complexity index is 262. The van der Waals surface area contributed by atoms with Gasteiger partial charge >= 0.3 is 0 Å². The molecule has 0 aliphatic carbocycles. The minimum absolute atomic E-state index is 0.183. The van der Waals surface area contributed by atoms with Gasteiger partial charge in [0, 0.05) is 22.8 Å². The largest absolute Gasteiger partial charge is 0.394 e. The minimum Gasteiger partial charge on any atom is -0.394 e. The number of aliphatic hydroxyl groups excluding tert-OH is 2. The van der Waals surface area contributed by atoms with Gasteiger partial charge in [-0.15, -0.1) is 11.3 Å². The predicted molar refractivity (Wildman–Crippen MR) is 58.5 cm³/mol. The zero-order valence-corrected chi connectivity index (χ0v) is 9.18. The molecule has 0 spiro atoms. The summed E-state index contributed by atoms with van der Waals surface area (Å²) in [5.41, 5.74) is 0. The van der Waals surface area contributed by atoms with E-state index in [2.05, 4.69) is 24.4 Å². The molecule has 1 aromatic heterocycles. The molecule has 3 nitrogen and oxygen atoms in total. The zero-order valence-electron chi connectivity index (χ0n) is 8.36. The summed E-state index contributed by atoms with van der Waals surface area (Å²) in [7, 11) is 0. The van der Waals surface area contributed by atoms with Crippen LogP contribution in [0.15, 0.2) is 12.1 Å². The zero-order chi connectivity index (χ0) is 10.4. The van der Waals surface area contributed by atoms with Crippen LogP contribution in [-0.4, -0.2) is 29.5 Å². The Kier molecular flexibility index (Phi) is 5.11. The van der Waals surface area contributed by atoms with Crippen LogP contribution in [0.1, 0.15) is 16.7 Å². The Morgan fingerprint density at radius 1 is 1.43 bits per heavy atom. The van der Waals surface area contributed by atoms with Gasteiger partial charge in [-0.25, -0.2) is 0 Å². The molecule has 1 heterocycles. The molecular formula is C10H17NO2S. The van der Waals surface area contributed by atoms with Crippen molar-refractivity contribution in [1.82, 2.24) is 5.32 Å². The molecule has 3 N–H and O–H groups in total. The molecular weight excluding hydrogens is 198 g/mol. The van der Waals surface area contributed by atoms with Gasteiger partial charge in [0.15, 0.2) is 0 Å². The molecule has 0 aliphatic heterocycles. The quantitative estimate of drug-likeness (QED) is 0.656. The molecule has 0 amide bonds. The highest BCUT2D eigenvalue weighted by atomic mass is 32.1. The van der Waals surface area contributed by atoms with Crippen molar-refractivity contribution in [3.05, 3.63) is 21.9 Å². The Morgan fingerprint density at radius 2 is 2.14 bits per heavy atom. The van der Waals surface area contributed by atoms with Gasteiger partial charge in [0.05, 0.1) is 12.7 Å². The average Bonchev–Trinajstić information content (AvgIpc) is 2.65. The number of nitrogens with one attached hydrogen (secondary N) is 1. The van der Waals surface area contributed by atoms with Crippen molar-refractivity contribution in [2.24, 2.45) is 0 Å². The SMILES string of the molecule is CCc1ccc(CNC[C@H](O)CO)s1. The van der Waals surface area contributed by atoms with Crippen LogP contribution in [0.3, 0.4) is 0 Å². The third kappa shape index (κ3) is 3.75. The van der Waals surface area contributed by atoms with Crippen molar-refractivity contribution in [3.63, 3.8) is 0 Å². The Labute approximate surface area is 88.4 Å². The molecule has 1 rings (SSSR count). The van der Waals surface area contributed by atoms with Gasteiger partial charge in [-0.05, 0) is 18.6 Å². The summed E-state index contributed by atoms with van der Waals surface area (Å²) in [6.45, 7) is 3.16. The summed E-state index contributed by atoms with van der Waals surface area (Å²) in [5.74, 6) is 0. The van der Waals surface area contributed by atoms with Crippen LogP contribution < -0.4 is 5.32 Å². The highest BCUT2D eigenvalue weighted by molar-refractivity contribution is 7.11. The first-order valence-corrected chi connectivity index (χ1v) is 5.65. The fourth-order valence-electron chi connectivity index (χ4n) is 1.13. The van der Waals surface area contributed by atoms with Crippen LogP contribution in [0.4, 0.5) is 0 Å². The monoisotopic (exact) mass is 215 g/mol. The summed E-state index contributed by atoms with van der Waals surface area (Å²) < 4.78 is 0. The fourth-order valence-corrected chi connectivity index (χ4v) is 2.06. The first-order chi connectivity index (χ1) is 6.76. The summed E-state index contributed by atoms with van der Waals surface area (Å²) in [6, 6.07) is 4.23. The first kappa shape index (κ1) is 11.7. The number of aryl methyl sites for hydroxylation is 1. The van der Waals surface area contributed by atoms with E-state index in [0.29, 0.717) is 6.54 Å². The van der Waals surface area contributed by atoms with Gasteiger partial charge in [-0.1, -0.05) is 6.92 Å². The Morgan fingerprint density at radius 3 is 2.71 bits per heavy atom. The van der Waals surface area contributed by atoms with Crippen LogP contribution in [0.2, 0.25) is 0 Å². The second-order valence-electron chi connectivity index (χ2n) is 3.19. The van der Waals surface area contributed by atoms with Crippen molar-refractivity contribution < 1.29 is 10.2 Å². The summed E-state index contributed by atoms with van der Waals surface area (Å²) in [4.78, 5) is 2.65. The number of thiophene rings is 1. The highest BCUT2D eigenvalue weighted by Gasteiger charge is 2.02. The summed E-state index contributed by atoms with van der Waals surface area (Å²) >= 11 is 1.79. The average molecular weight is 215 g/mol. The number of rotatable bonds is 6. The molecule has 0 bridgehead atoms. The maximum absolute atomic E-state index is 9.08. The van der Waals surface area contributed by atoms with E-state index < -0.39 is 6.10 Å². The Balaban J connectivity index is 2.24. The lowest BCUT2D eigenvalue weighted by Crippen LogP contribution is -2.28. The van der Waals surface area contributed by atoms with Gasteiger partial charge in [0.1, 0.15) is 0 Å². The topological polar surface area (TPSA) is 52.5 Å². The van der Waals surface area contributed by atoms with Gasteiger partial charge in [-0.3, -0.25) is 0 Å². The maximum atomic E-state index is 9.08. The van der Waals surface area contributed by atoms with E-state index in [1.807, 2.05) is 0 Å². The third-order valence-electron chi connectivity index (χ3n) is 1.96. The molecule has 0 radical (unpaired) electrons. The Hall–Kier alpha value is -0.420. The number of aliphatic hydroxyl groups is 2. The standard InChI is InChI=1S/C10H17NO2S/c1-2-9-3-4-10(14-9)6-11-5-8(13)7-12/h3-4,8,11-13H,2,5-7H2,1H3/t8-/m0/s1. The van der Waals surface area contributed by atoms with E-state index in [1.54, 1.807) is 11.3 Å². The van der Waals surface area contributed by atoms with E-state index in [1.165, 1.54) is 9.75 Å². The van der Waals surface area contributed by atoms with E-state index in [9.17, 15) is 0 Å². The lowest BCUT2D eigenvalue weighted by atomic mass is 10.3. The van der Waals surface area contributed by atoms with Crippen molar-refractivity contribution in [1.29, 1.82) is 0 Å². The summed E-state index contributed by atoms with van der Waals surface area (Å²) in [6.07, 6.45) is 0.421. The normalized spacial score (nSPS) is 13.1. The molecule has 14 heavy (non-hydrogen) atoms. The first-order valence-electron chi connectivity index (χ1n) is 4.83. The smallest absolute Gasteiger partial charge is 0.0895 e. The van der Waals surface area contributed by atoms with Crippen LogP contribution in [-0.2, 0) is 13.0 Å². The lowest BCUT2D eigenvalue weighted by molar-refractivity contribution is 0.0943. The van der Waals surface area contributed by atoms with Crippen molar-refractivity contribution in [3.8, 4) is 0 Å². The van der Waals surface area contributed by atoms with Gasteiger partial charge in [0.2, 0.25) is 0 Å².